The van der Waals surface area contributed by atoms with Crippen molar-refractivity contribution >= 4 is 18.5 Å². The van der Waals surface area contributed by atoms with E-state index in [9.17, 15) is 4.79 Å². The fourth-order valence-corrected chi connectivity index (χ4v) is 1.77. The molecule has 15 heavy (non-hydrogen) atoms. The van der Waals surface area contributed by atoms with Crippen LogP contribution >= 0.6 is 12.6 Å². The van der Waals surface area contributed by atoms with Gasteiger partial charge in [-0.1, -0.05) is 0 Å². The Balaban J connectivity index is 1.97. The smallest absolute Gasteiger partial charge is 0.251 e. The number of thiol groups is 1. The predicted molar refractivity (Wildman–Crippen MR) is 63.3 cm³/mol. The average molecular weight is 221 g/mol. The molecule has 1 saturated carbocycles. The molecule has 0 spiro atoms. The summed E-state index contributed by atoms with van der Waals surface area (Å²) in [5.41, 5.74) is 0.709. The van der Waals surface area contributed by atoms with E-state index in [1.807, 2.05) is 12.1 Å². The molecule has 1 aliphatic rings. The van der Waals surface area contributed by atoms with Crippen LogP contribution in [-0.4, -0.2) is 11.9 Å². The third kappa shape index (κ3) is 2.75. The maximum Gasteiger partial charge on any atom is 0.251 e. The standard InChI is InChI=1S/C12H15NOS/c1-8(9-2-3-9)13-12(14)10-4-6-11(15)7-5-10/h4-9,15H,2-3H2,1H3,(H,13,14). The van der Waals surface area contributed by atoms with Gasteiger partial charge in [0.1, 0.15) is 0 Å². The average Bonchev–Trinajstić information content (AvgIpc) is 3.01. The predicted octanol–water partition coefficient (Wildman–Crippen LogP) is 2.50. The first kappa shape index (κ1) is 10.6. The number of hydrogen-bond donors (Lipinski definition) is 2. The summed E-state index contributed by atoms with van der Waals surface area (Å²) in [5, 5.41) is 3.01. The summed E-state index contributed by atoms with van der Waals surface area (Å²) < 4.78 is 0. The van der Waals surface area contributed by atoms with Crippen molar-refractivity contribution in [1.29, 1.82) is 0 Å². The van der Waals surface area contributed by atoms with Crippen LogP contribution in [-0.2, 0) is 0 Å². The Hall–Kier alpha value is -0.960. The summed E-state index contributed by atoms with van der Waals surface area (Å²) >= 11 is 4.18. The van der Waals surface area contributed by atoms with Crippen molar-refractivity contribution in [1.82, 2.24) is 5.32 Å². The number of carbonyl (C=O) groups excluding carboxylic acids is 1. The molecule has 1 aromatic rings. The summed E-state index contributed by atoms with van der Waals surface area (Å²) in [4.78, 5) is 12.6. The van der Waals surface area contributed by atoms with Gasteiger partial charge in [0.25, 0.3) is 5.91 Å². The van der Waals surface area contributed by atoms with E-state index in [-0.39, 0.29) is 5.91 Å². The van der Waals surface area contributed by atoms with Gasteiger partial charge in [0.2, 0.25) is 0 Å². The maximum atomic E-state index is 11.8. The van der Waals surface area contributed by atoms with E-state index in [1.165, 1.54) is 12.8 Å². The lowest BCUT2D eigenvalue weighted by Gasteiger charge is -2.12. The normalized spacial score (nSPS) is 17.2. The van der Waals surface area contributed by atoms with Crippen molar-refractivity contribution in [2.24, 2.45) is 5.92 Å². The second-order valence-corrected chi connectivity index (χ2v) is 4.66. The van der Waals surface area contributed by atoms with E-state index < -0.39 is 0 Å². The molecular weight excluding hydrogens is 206 g/mol. The van der Waals surface area contributed by atoms with E-state index in [4.69, 9.17) is 0 Å². The van der Waals surface area contributed by atoms with Crippen LogP contribution in [0.2, 0.25) is 0 Å². The number of carbonyl (C=O) groups is 1. The molecule has 0 bridgehead atoms. The number of benzene rings is 1. The molecule has 2 rings (SSSR count). The van der Waals surface area contributed by atoms with Crippen LogP contribution in [0, 0.1) is 5.92 Å². The third-order valence-corrected chi connectivity index (χ3v) is 3.12. The van der Waals surface area contributed by atoms with Crippen LogP contribution in [0.5, 0.6) is 0 Å². The monoisotopic (exact) mass is 221 g/mol. The molecule has 0 saturated heterocycles. The summed E-state index contributed by atoms with van der Waals surface area (Å²) in [6.45, 7) is 2.07. The van der Waals surface area contributed by atoms with Crippen molar-refractivity contribution in [2.45, 2.75) is 30.7 Å². The molecular formula is C12H15NOS. The van der Waals surface area contributed by atoms with Gasteiger partial charge in [-0.3, -0.25) is 4.79 Å². The van der Waals surface area contributed by atoms with Crippen LogP contribution < -0.4 is 5.32 Å². The molecule has 1 amide bonds. The van der Waals surface area contributed by atoms with Crippen LogP contribution in [0.4, 0.5) is 0 Å². The molecule has 2 nitrogen and oxygen atoms in total. The molecule has 0 heterocycles. The Morgan fingerprint density at radius 2 is 2.00 bits per heavy atom. The Bertz CT molecular complexity index is 356. The molecule has 0 aromatic heterocycles. The van der Waals surface area contributed by atoms with E-state index in [0.717, 1.165) is 4.90 Å². The fraction of sp³-hybridized carbons (Fsp3) is 0.417. The third-order valence-electron chi connectivity index (χ3n) is 2.82. The first-order valence-electron chi connectivity index (χ1n) is 5.26. The first-order valence-corrected chi connectivity index (χ1v) is 5.71. The summed E-state index contributed by atoms with van der Waals surface area (Å²) in [6, 6.07) is 7.57. The minimum atomic E-state index is 0.0164. The lowest BCUT2D eigenvalue weighted by molar-refractivity contribution is 0.0936. The summed E-state index contributed by atoms with van der Waals surface area (Å²) in [7, 11) is 0. The zero-order chi connectivity index (χ0) is 10.8. The van der Waals surface area contributed by atoms with Gasteiger partial charge in [-0.15, -0.1) is 12.6 Å². The Labute approximate surface area is 95.5 Å². The second kappa shape index (κ2) is 4.27. The lowest BCUT2D eigenvalue weighted by Crippen LogP contribution is -2.33. The molecule has 1 N–H and O–H groups in total. The summed E-state index contributed by atoms with van der Waals surface area (Å²) in [5.74, 6) is 0.709. The lowest BCUT2D eigenvalue weighted by atomic mass is 10.1. The molecule has 1 atom stereocenters. The van der Waals surface area contributed by atoms with Gasteiger partial charge in [0, 0.05) is 16.5 Å². The molecule has 1 unspecified atom stereocenters. The molecule has 80 valence electrons. The van der Waals surface area contributed by atoms with Gasteiger partial charge in [-0.2, -0.15) is 0 Å². The topological polar surface area (TPSA) is 29.1 Å². The Morgan fingerprint density at radius 3 is 2.53 bits per heavy atom. The van der Waals surface area contributed by atoms with Crippen molar-refractivity contribution < 1.29 is 4.79 Å². The number of hydrogen-bond acceptors (Lipinski definition) is 2. The number of amides is 1. The van der Waals surface area contributed by atoms with E-state index in [1.54, 1.807) is 12.1 Å². The molecule has 1 aromatic carbocycles. The minimum Gasteiger partial charge on any atom is -0.349 e. The van der Waals surface area contributed by atoms with Crippen molar-refractivity contribution in [3.63, 3.8) is 0 Å². The minimum absolute atomic E-state index is 0.0164. The SMILES string of the molecule is CC(NC(=O)c1ccc(S)cc1)C1CC1. The van der Waals surface area contributed by atoms with Gasteiger partial charge in [-0.25, -0.2) is 0 Å². The molecule has 0 aliphatic heterocycles. The van der Waals surface area contributed by atoms with E-state index in [2.05, 4.69) is 24.9 Å². The molecule has 1 aliphatic carbocycles. The zero-order valence-electron chi connectivity index (χ0n) is 8.73. The first-order chi connectivity index (χ1) is 7.16. The highest BCUT2D eigenvalue weighted by molar-refractivity contribution is 7.80. The van der Waals surface area contributed by atoms with Crippen molar-refractivity contribution in [2.75, 3.05) is 0 Å². The zero-order valence-corrected chi connectivity index (χ0v) is 9.63. The highest BCUT2D eigenvalue weighted by Gasteiger charge is 2.28. The molecule has 1 fully saturated rings. The number of rotatable bonds is 3. The van der Waals surface area contributed by atoms with E-state index in [0.29, 0.717) is 17.5 Å². The second-order valence-electron chi connectivity index (χ2n) is 4.15. The fourth-order valence-electron chi connectivity index (χ4n) is 1.62. The van der Waals surface area contributed by atoms with Gasteiger partial charge < -0.3 is 5.32 Å². The van der Waals surface area contributed by atoms with Gasteiger partial charge in [-0.05, 0) is 49.9 Å². The van der Waals surface area contributed by atoms with Gasteiger partial charge in [0.15, 0.2) is 0 Å². The molecule has 3 heteroatoms. The van der Waals surface area contributed by atoms with Gasteiger partial charge in [0.05, 0.1) is 0 Å². The maximum absolute atomic E-state index is 11.8. The molecule has 0 radical (unpaired) electrons. The largest absolute Gasteiger partial charge is 0.349 e. The number of nitrogens with one attached hydrogen (secondary N) is 1. The van der Waals surface area contributed by atoms with Crippen molar-refractivity contribution in [3.05, 3.63) is 29.8 Å². The van der Waals surface area contributed by atoms with Crippen molar-refractivity contribution in [3.8, 4) is 0 Å². The van der Waals surface area contributed by atoms with Crippen LogP contribution in [0.15, 0.2) is 29.2 Å². The van der Waals surface area contributed by atoms with E-state index >= 15 is 0 Å². The van der Waals surface area contributed by atoms with Crippen LogP contribution in [0.25, 0.3) is 0 Å². The van der Waals surface area contributed by atoms with Crippen LogP contribution in [0.1, 0.15) is 30.1 Å². The van der Waals surface area contributed by atoms with Crippen LogP contribution in [0.3, 0.4) is 0 Å². The van der Waals surface area contributed by atoms with Gasteiger partial charge >= 0.3 is 0 Å². The Kier molecular flexibility index (Phi) is 3.00. The quantitative estimate of drug-likeness (QED) is 0.754. The highest BCUT2D eigenvalue weighted by Crippen LogP contribution is 2.32. The highest BCUT2D eigenvalue weighted by atomic mass is 32.1. The summed E-state index contributed by atoms with van der Waals surface area (Å²) in [6.07, 6.45) is 2.49. The Morgan fingerprint density at radius 1 is 1.40 bits per heavy atom.